The van der Waals surface area contributed by atoms with E-state index in [0.717, 1.165) is 42.4 Å². The van der Waals surface area contributed by atoms with Gasteiger partial charge in [-0.05, 0) is 105 Å². The van der Waals surface area contributed by atoms with Crippen LogP contribution >= 0.6 is 0 Å². The van der Waals surface area contributed by atoms with E-state index in [1.54, 1.807) is 0 Å². The molecule has 2 heteroatoms. The number of rotatable bonds is 4. The van der Waals surface area contributed by atoms with Gasteiger partial charge in [-0.1, -0.05) is 26.7 Å². The van der Waals surface area contributed by atoms with Gasteiger partial charge in [0, 0.05) is 6.42 Å². The molecule has 4 aliphatic rings. The van der Waals surface area contributed by atoms with Crippen LogP contribution in [0.15, 0.2) is 0 Å². The fourth-order valence-corrected chi connectivity index (χ4v) is 8.38. The van der Waals surface area contributed by atoms with Gasteiger partial charge in [-0.3, -0.25) is 4.79 Å². The molecule has 0 radical (unpaired) electrons. The van der Waals surface area contributed by atoms with Crippen LogP contribution < -0.4 is 0 Å². The first-order valence-corrected chi connectivity index (χ1v) is 11.2. The number of carboxylic acid groups (broad SMARTS) is 1. The zero-order chi connectivity index (χ0) is 17.7. The maximum absolute atomic E-state index is 10.9. The molecule has 25 heavy (non-hydrogen) atoms. The Morgan fingerprint density at radius 2 is 1.72 bits per heavy atom. The average Bonchev–Trinajstić information content (AvgIpc) is 2.91. The lowest BCUT2D eigenvalue weighted by molar-refractivity contribution is -0.137. The third-order valence-electron chi connectivity index (χ3n) is 9.72. The molecule has 1 N–H and O–H groups in total. The Morgan fingerprint density at radius 1 is 0.920 bits per heavy atom. The van der Waals surface area contributed by atoms with Gasteiger partial charge in [0.2, 0.25) is 0 Å². The summed E-state index contributed by atoms with van der Waals surface area (Å²) >= 11 is 0. The van der Waals surface area contributed by atoms with E-state index in [-0.39, 0.29) is 0 Å². The summed E-state index contributed by atoms with van der Waals surface area (Å²) in [7, 11) is 0. The average molecular weight is 347 g/mol. The van der Waals surface area contributed by atoms with Gasteiger partial charge in [-0.2, -0.15) is 0 Å². The third-order valence-corrected chi connectivity index (χ3v) is 9.72. The van der Waals surface area contributed by atoms with Gasteiger partial charge >= 0.3 is 5.97 Å². The number of hydrogen-bond donors (Lipinski definition) is 1. The van der Waals surface area contributed by atoms with Gasteiger partial charge in [-0.25, -0.2) is 0 Å². The van der Waals surface area contributed by atoms with E-state index in [0.29, 0.717) is 17.3 Å². The summed E-state index contributed by atoms with van der Waals surface area (Å²) in [5, 5.41) is 8.98. The summed E-state index contributed by atoms with van der Waals surface area (Å²) in [6.45, 7) is 5.25. The molecule has 4 saturated carbocycles. The monoisotopic (exact) mass is 346 g/mol. The van der Waals surface area contributed by atoms with Crippen molar-refractivity contribution in [3.05, 3.63) is 0 Å². The molecule has 0 saturated heterocycles. The molecule has 4 fully saturated rings. The maximum Gasteiger partial charge on any atom is 0.303 e. The lowest BCUT2D eigenvalue weighted by Gasteiger charge is -2.60. The fourth-order valence-electron chi connectivity index (χ4n) is 8.38. The van der Waals surface area contributed by atoms with Crippen LogP contribution in [-0.4, -0.2) is 11.1 Å². The van der Waals surface area contributed by atoms with Crippen molar-refractivity contribution in [2.24, 2.45) is 40.4 Å². The van der Waals surface area contributed by atoms with Crippen molar-refractivity contribution in [3.63, 3.8) is 0 Å². The molecule has 0 aromatic rings. The quantitative estimate of drug-likeness (QED) is 0.649. The van der Waals surface area contributed by atoms with Crippen molar-refractivity contribution in [2.75, 3.05) is 0 Å². The summed E-state index contributed by atoms with van der Waals surface area (Å²) < 4.78 is 0. The minimum Gasteiger partial charge on any atom is -0.481 e. The Balaban J connectivity index is 1.48. The van der Waals surface area contributed by atoms with Crippen LogP contribution in [0.1, 0.15) is 97.3 Å². The lowest BCUT2D eigenvalue weighted by atomic mass is 9.45. The number of aliphatic carboxylic acids is 1. The van der Waals surface area contributed by atoms with Crippen LogP contribution in [0.3, 0.4) is 0 Å². The van der Waals surface area contributed by atoms with E-state index >= 15 is 0 Å². The first kappa shape index (κ1) is 17.9. The van der Waals surface area contributed by atoms with Gasteiger partial charge < -0.3 is 5.11 Å². The smallest absolute Gasteiger partial charge is 0.303 e. The Bertz CT molecular complexity index is 514. The predicted octanol–water partition coefficient (Wildman–Crippen LogP) is 6.29. The highest BCUT2D eigenvalue weighted by Crippen LogP contribution is 2.67. The fraction of sp³-hybridized carbons (Fsp3) is 0.957. The highest BCUT2D eigenvalue weighted by molar-refractivity contribution is 5.66. The molecule has 2 nitrogen and oxygen atoms in total. The maximum atomic E-state index is 10.9. The van der Waals surface area contributed by atoms with Crippen molar-refractivity contribution in [1.29, 1.82) is 0 Å². The minimum absolute atomic E-state index is 0.364. The molecule has 4 rings (SSSR count). The lowest BCUT2D eigenvalue weighted by Crippen LogP contribution is -2.52. The minimum atomic E-state index is -0.619. The molecule has 4 aliphatic carbocycles. The van der Waals surface area contributed by atoms with Crippen LogP contribution in [-0.2, 0) is 4.79 Å². The molecule has 0 aromatic carbocycles. The Labute approximate surface area is 154 Å². The van der Waals surface area contributed by atoms with E-state index in [2.05, 4.69) is 13.8 Å². The molecular weight excluding hydrogens is 308 g/mol. The highest BCUT2D eigenvalue weighted by atomic mass is 16.4. The Morgan fingerprint density at radius 3 is 2.52 bits per heavy atom. The molecule has 0 heterocycles. The van der Waals surface area contributed by atoms with Crippen molar-refractivity contribution in [1.82, 2.24) is 0 Å². The number of carbonyl (C=O) groups is 1. The third kappa shape index (κ3) is 2.86. The number of fused-ring (bicyclic) bond motifs is 5. The van der Waals surface area contributed by atoms with Crippen molar-refractivity contribution < 1.29 is 9.90 Å². The van der Waals surface area contributed by atoms with Crippen molar-refractivity contribution in [2.45, 2.75) is 97.3 Å². The predicted molar refractivity (Wildman–Crippen MR) is 101 cm³/mol. The van der Waals surface area contributed by atoms with Crippen LogP contribution in [0.2, 0.25) is 0 Å². The molecule has 142 valence electrons. The van der Waals surface area contributed by atoms with E-state index in [4.69, 9.17) is 5.11 Å². The van der Waals surface area contributed by atoms with E-state index in [1.807, 2.05) is 0 Å². The standard InChI is InChI=1S/C23H38O2/c1-22-14-4-3-6-16(22)9-11-18-19-12-10-17(7-5-8-21(24)25)23(19,2)15-13-20(18)22/h16-20H,3-15H2,1-2H3,(H,24,25)/t16-,17?,18-,19?,20?,22?,23?/m0/s1. The summed E-state index contributed by atoms with van der Waals surface area (Å²) in [5.74, 6) is 4.08. The second-order valence-electron chi connectivity index (χ2n) is 10.5. The molecule has 5 unspecified atom stereocenters. The van der Waals surface area contributed by atoms with Gasteiger partial charge in [-0.15, -0.1) is 0 Å². The van der Waals surface area contributed by atoms with Gasteiger partial charge in [0.1, 0.15) is 0 Å². The van der Waals surface area contributed by atoms with Crippen molar-refractivity contribution in [3.8, 4) is 0 Å². The zero-order valence-corrected chi connectivity index (χ0v) is 16.4. The molecule has 7 atom stereocenters. The first-order chi connectivity index (χ1) is 11.9. The summed E-state index contributed by atoms with van der Waals surface area (Å²) in [6.07, 6.45) is 17.0. The SMILES string of the molecule is CC12CCC3[C@@H](CC[C@@H]4CCCCC34C)C1CCC2CCCC(=O)O. The van der Waals surface area contributed by atoms with Crippen LogP contribution in [0.5, 0.6) is 0 Å². The molecule has 0 aromatic heterocycles. The molecule has 0 amide bonds. The first-order valence-electron chi connectivity index (χ1n) is 11.2. The molecule has 0 bridgehead atoms. The second-order valence-corrected chi connectivity index (χ2v) is 10.5. The molecule has 0 spiro atoms. The second kappa shape index (κ2) is 6.57. The molecule has 0 aliphatic heterocycles. The van der Waals surface area contributed by atoms with E-state index in [9.17, 15) is 4.79 Å². The topological polar surface area (TPSA) is 37.3 Å². The summed E-state index contributed by atoms with van der Waals surface area (Å²) in [4.78, 5) is 10.9. The zero-order valence-electron chi connectivity index (χ0n) is 16.4. The largest absolute Gasteiger partial charge is 0.481 e. The van der Waals surface area contributed by atoms with Gasteiger partial charge in [0.25, 0.3) is 0 Å². The Hall–Kier alpha value is -0.530. The van der Waals surface area contributed by atoms with Gasteiger partial charge in [0.15, 0.2) is 0 Å². The highest BCUT2D eigenvalue weighted by Gasteiger charge is 2.59. The number of hydrogen-bond acceptors (Lipinski definition) is 1. The van der Waals surface area contributed by atoms with Crippen molar-refractivity contribution >= 4 is 5.97 Å². The van der Waals surface area contributed by atoms with E-state index in [1.165, 1.54) is 64.2 Å². The number of carboxylic acids is 1. The van der Waals surface area contributed by atoms with Gasteiger partial charge in [0.05, 0.1) is 0 Å². The molecular formula is C23H38O2. The summed E-state index contributed by atoms with van der Waals surface area (Å²) in [6, 6.07) is 0. The Kier molecular flexibility index (Phi) is 4.69. The summed E-state index contributed by atoms with van der Waals surface area (Å²) in [5.41, 5.74) is 1.15. The van der Waals surface area contributed by atoms with Crippen LogP contribution in [0.25, 0.3) is 0 Å². The van der Waals surface area contributed by atoms with E-state index < -0.39 is 5.97 Å². The normalized spacial score (nSPS) is 49.1. The van der Waals surface area contributed by atoms with Crippen LogP contribution in [0, 0.1) is 40.4 Å². The van der Waals surface area contributed by atoms with Crippen LogP contribution in [0.4, 0.5) is 0 Å².